The van der Waals surface area contributed by atoms with Crippen molar-refractivity contribution < 1.29 is 8.98 Å². The minimum Gasteiger partial charge on any atom is -0.384 e. The summed E-state index contributed by atoms with van der Waals surface area (Å²) in [6.07, 6.45) is 4.03. The van der Waals surface area contributed by atoms with Gasteiger partial charge in [0.15, 0.2) is 0 Å². The molecule has 0 spiro atoms. The zero-order chi connectivity index (χ0) is 10.2. The standard InChI is InChI=1S/C10H13NO2S/c1-2-3-7-10(12)13-14-9-6-4-5-8-11-9/h4-6,8H,2-3,7H2,1H3. The zero-order valence-electron chi connectivity index (χ0n) is 8.10. The molecule has 0 atom stereocenters. The van der Waals surface area contributed by atoms with E-state index < -0.39 is 0 Å². The SMILES string of the molecule is CCCCC(=O)OSc1ccccn1. The van der Waals surface area contributed by atoms with Crippen molar-refractivity contribution >= 4 is 18.0 Å². The fourth-order valence-electron chi connectivity index (χ4n) is 0.848. The number of nitrogens with zero attached hydrogens (tertiary/aromatic N) is 1. The van der Waals surface area contributed by atoms with Crippen molar-refractivity contribution in [2.24, 2.45) is 0 Å². The van der Waals surface area contributed by atoms with E-state index in [1.54, 1.807) is 12.3 Å². The van der Waals surface area contributed by atoms with E-state index in [1.807, 2.05) is 19.1 Å². The molecule has 1 rings (SSSR count). The van der Waals surface area contributed by atoms with Gasteiger partial charge in [0.2, 0.25) is 0 Å². The molecule has 0 saturated carbocycles. The summed E-state index contributed by atoms with van der Waals surface area (Å²) in [4.78, 5) is 15.1. The molecule has 0 unspecified atom stereocenters. The van der Waals surface area contributed by atoms with Crippen molar-refractivity contribution in [2.45, 2.75) is 31.2 Å². The Balaban J connectivity index is 2.24. The molecule has 0 amide bonds. The van der Waals surface area contributed by atoms with Crippen LogP contribution in [0, 0.1) is 0 Å². The maximum atomic E-state index is 11.1. The lowest BCUT2D eigenvalue weighted by molar-refractivity contribution is -0.133. The van der Waals surface area contributed by atoms with Crippen LogP contribution in [0.5, 0.6) is 0 Å². The molecule has 0 saturated heterocycles. The van der Waals surface area contributed by atoms with Gasteiger partial charge < -0.3 is 4.18 Å². The Labute approximate surface area is 88.1 Å². The predicted molar refractivity (Wildman–Crippen MR) is 55.7 cm³/mol. The molecular weight excluding hydrogens is 198 g/mol. The summed E-state index contributed by atoms with van der Waals surface area (Å²) in [5, 5.41) is 0.706. The third-order valence-electron chi connectivity index (χ3n) is 1.59. The molecule has 1 aromatic heterocycles. The van der Waals surface area contributed by atoms with E-state index in [2.05, 4.69) is 4.98 Å². The zero-order valence-corrected chi connectivity index (χ0v) is 8.92. The van der Waals surface area contributed by atoms with E-state index in [1.165, 1.54) is 0 Å². The van der Waals surface area contributed by atoms with Gasteiger partial charge in [-0.15, -0.1) is 0 Å². The summed E-state index contributed by atoms with van der Waals surface area (Å²) in [5.41, 5.74) is 0. The molecule has 1 aromatic rings. The molecule has 1 heterocycles. The van der Waals surface area contributed by atoms with Crippen LogP contribution in [0.2, 0.25) is 0 Å². The van der Waals surface area contributed by atoms with Gasteiger partial charge in [-0.25, -0.2) is 4.98 Å². The van der Waals surface area contributed by atoms with Gasteiger partial charge in [0.1, 0.15) is 17.1 Å². The molecule has 0 radical (unpaired) electrons. The van der Waals surface area contributed by atoms with Gasteiger partial charge in [0.25, 0.3) is 0 Å². The average molecular weight is 211 g/mol. The van der Waals surface area contributed by atoms with Gasteiger partial charge in [-0.05, 0) is 18.6 Å². The van der Waals surface area contributed by atoms with Crippen molar-refractivity contribution in [3.63, 3.8) is 0 Å². The van der Waals surface area contributed by atoms with Gasteiger partial charge >= 0.3 is 5.97 Å². The molecule has 0 aromatic carbocycles. The largest absolute Gasteiger partial charge is 0.384 e. The first kappa shape index (κ1) is 11.0. The number of carbonyl (C=O) groups excluding carboxylic acids is 1. The number of rotatable bonds is 5. The van der Waals surface area contributed by atoms with Crippen LogP contribution in [-0.4, -0.2) is 11.0 Å². The molecule has 14 heavy (non-hydrogen) atoms. The van der Waals surface area contributed by atoms with Gasteiger partial charge in [0, 0.05) is 12.6 Å². The number of aromatic nitrogens is 1. The Hall–Kier alpha value is -1.03. The van der Waals surface area contributed by atoms with E-state index in [0.29, 0.717) is 11.4 Å². The molecule has 76 valence electrons. The normalized spacial score (nSPS) is 9.79. The third-order valence-corrected chi connectivity index (χ3v) is 2.27. The molecule has 0 bridgehead atoms. The van der Waals surface area contributed by atoms with Crippen LogP contribution in [0.4, 0.5) is 0 Å². The van der Waals surface area contributed by atoms with Gasteiger partial charge in [-0.3, -0.25) is 4.79 Å². The summed E-state index contributed by atoms with van der Waals surface area (Å²) in [5.74, 6) is -0.178. The maximum absolute atomic E-state index is 11.1. The second kappa shape index (κ2) is 6.43. The van der Waals surface area contributed by atoms with E-state index in [9.17, 15) is 4.79 Å². The van der Waals surface area contributed by atoms with Crippen LogP contribution in [0.1, 0.15) is 26.2 Å². The van der Waals surface area contributed by atoms with Crippen LogP contribution in [0.25, 0.3) is 0 Å². The summed E-state index contributed by atoms with van der Waals surface area (Å²) in [6, 6.07) is 5.48. The second-order valence-corrected chi connectivity index (χ2v) is 3.56. The predicted octanol–water partition coefficient (Wildman–Crippen LogP) is 2.82. The smallest absolute Gasteiger partial charge is 0.318 e. The molecule has 0 aliphatic rings. The van der Waals surface area contributed by atoms with Crippen molar-refractivity contribution in [2.75, 3.05) is 0 Å². The summed E-state index contributed by atoms with van der Waals surface area (Å²) >= 11 is 1.02. The van der Waals surface area contributed by atoms with Crippen molar-refractivity contribution in [1.29, 1.82) is 0 Å². The molecule has 3 nitrogen and oxygen atoms in total. The molecule has 4 heteroatoms. The first-order valence-corrected chi connectivity index (χ1v) is 5.35. The molecule has 0 N–H and O–H groups in total. The van der Waals surface area contributed by atoms with E-state index >= 15 is 0 Å². The van der Waals surface area contributed by atoms with Gasteiger partial charge in [0.05, 0.1) is 0 Å². The summed E-state index contributed by atoms with van der Waals surface area (Å²) in [7, 11) is 0. The van der Waals surface area contributed by atoms with Crippen molar-refractivity contribution in [1.82, 2.24) is 4.98 Å². The molecule has 0 aliphatic carbocycles. The van der Waals surface area contributed by atoms with Crippen LogP contribution in [0.3, 0.4) is 0 Å². The number of carbonyl (C=O) groups is 1. The lowest BCUT2D eigenvalue weighted by Gasteiger charge is -2.00. The maximum Gasteiger partial charge on any atom is 0.318 e. The van der Waals surface area contributed by atoms with E-state index in [0.717, 1.165) is 24.9 Å². The van der Waals surface area contributed by atoms with Crippen LogP contribution >= 0.6 is 12.0 Å². The fraction of sp³-hybridized carbons (Fsp3) is 0.400. The first-order valence-electron chi connectivity index (χ1n) is 4.61. The Bertz CT molecular complexity index is 277. The van der Waals surface area contributed by atoms with Crippen molar-refractivity contribution in [3.05, 3.63) is 24.4 Å². The fourth-order valence-corrected chi connectivity index (χ4v) is 1.35. The average Bonchev–Trinajstić information content (AvgIpc) is 2.25. The van der Waals surface area contributed by atoms with E-state index in [4.69, 9.17) is 4.18 Å². The highest BCUT2D eigenvalue weighted by molar-refractivity contribution is 7.95. The topological polar surface area (TPSA) is 39.2 Å². The minimum absolute atomic E-state index is 0.178. The first-order chi connectivity index (χ1) is 6.83. The minimum atomic E-state index is -0.178. The third kappa shape index (κ3) is 4.28. The molecule has 0 aliphatic heterocycles. The number of unbranched alkanes of at least 4 members (excludes halogenated alkanes) is 1. The Kier molecular flexibility index (Phi) is 5.07. The monoisotopic (exact) mass is 211 g/mol. The van der Waals surface area contributed by atoms with Gasteiger partial charge in [-0.2, -0.15) is 0 Å². The van der Waals surface area contributed by atoms with Crippen LogP contribution in [0.15, 0.2) is 29.4 Å². The number of hydrogen-bond acceptors (Lipinski definition) is 4. The van der Waals surface area contributed by atoms with Gasteiger partial charge in [-0.1, -0.05) is 19.4 Å². The summed E-state index contributed by atoms with van der Waals surface area (Å²) in [6.45, 7) is 2.04. The summed E-state index contributed by atoms with van der Waals surface area (Å²) < 4.78 is 4.95. The van der Waals surface area contributed by atoms with Crippen LogP contribution in [-0.2, 0) is 8.98 Å². The lowest BCUT2D eigenvalue weighted by atomic mass is 10.3. The van der Waals surface area contributed by atoms with E-state index in [-0.39, 0.29) is 5.97 Å². The highest BCUT2D eigenvalue weighted by Gasteiger charge is 2.03. The second-order valence-electron chi connectivity index (χ2n) is 2.81. The quantitative estimate of drug-likeness (QED) is 0.702. The lowest BCUT2D eigenvalue weighted by Crippen LogP contribution is -1.98. The highest BCUT2D eigenvalue weighted by atomic mass is 32.2. The Morgan fingerprint density at radius 2 is 2.43 bits per heavy atom. The molecular formula is C10H13NO2S. The number of hydrogen-bond donors (Lipinski definition) is 0. The Morgan fingerprint density at radius 3 is 3.07 bits per heavy atom. The highest BCUT2D eigenvalue weighted by Crippen LogP contribution is 2.16. The van der Waals surface area contributed by atoms with Crippen LogP contribution < -0.4 is 0 Å². The Morgan fingerprint density at radius 1 is 1.57 bits per heavy atom. The number of pyridine rings is 1. The van der Waals surface area contributed by atoms with Crippen molar-refractivity contribution in [3.8, 4) is 0 Å². The molecule has 0 fully saturated rings.